The fourth-order valence-electron chi connectivity index (χ4n) is 1.56. The molecule has 0 saturated carbocycles. The molecular weight excluding hydrogens is 419 g/mol. The molecule has 8 heteroatoms. The number of hydrogen-bond acceptors (Lipinski definition) is 3. The zero-order valence-electron chi connectivity index (χ0n) is 11.4. The highest BCUT2D eigenvalue weighted by atomic mass is 79.9. The second kappa shape index (κ2) is 8.97. The Balaban J connectivity index is 2.36. The highest BCUT2D eigenvalue weighted by Crippen LogP contribution is 2.34. The summed E-state index contributed by atoms with van der Waals surface area (Å²) < 4.78 is 47.2. The Morgan fingerprint density at radius 2 is 1.81 bits per heavy atom. The Morgan fingerprint density at radius 1 is 1.19 bits per heavy atom. The van der Waals surface area contributed by atoms with Crippen molar-refractivity contribution in [3.63, 3.8) is 0 Å². The van der Waals surface area contributed by atoms with Crippen molar-refractivity contribution in [1.82, 2.24) is 5.32 Å². The molecule has 0 radical (unpaired) electrons. The summed E-state index contributed by atoms with van der Waals surface area (Å²) in [7, 11) is 0. The highest BCUT2D eigenvalue weighted by Gasteiger charge is 2.27. The molecule has 1 aromatic rings. The molecular formula is C13H16Br2F3NO2. The van der Waals surface area contributed by atoms with Gasteiger partial charge in [0, 0.05) is 13.1 Å². The number of benzene rings is 1. The molecule has 0 bridgehead atoms. The molecule has 1 rings (SSSR count). The van der Waals surface area contributed by atoms with Crippen molar-refractivity contribution in [3.05, 3.63) is 26.6 Å². The summed E-state index contributed by atoms with van der Waals surface area (Å²) in [5, 5.41) is 3.02. The van der Waals surface area contributed by atoms with Crippen LogP contribution in [0, 0.1) is 0 Å². The lowest BCUT2D eigenvalue weighted by atomic mass is 10.2. The normalized spacial score (nSPS) is 11.7. The van der Waals surface area contributed by atoms with E-state index in [1.54, 1.807) is 0 Å². The van der Waals surface area contributed by atoms with Crippen LogP contribution in [-0.2, 0) is 11.3 Å². The van der Waals surface area contributed by atoms with E-state index in [0.717, 1.165) is 20.3 Å². The largest absolute Gasteiger partial charge is 0.492 e. The van der Waals surface area contributed by atoms with Crippen molar-refractivity contribution in [3.8, 4) is 5.75 Å². The van der Waals surface area contributed by atoms with E-state index in [9.17, 15) is 13.2 Å². The van der Waals surface area contributed by atoms with Gasteiger partial charge in [0.05, 0.1) is 22.2 Å². The quantitative estimate of drug-likeness (QED) is 0.619. The zero-order valence-corrected chi connectivity index (χ0v) is 14.6. The second-order valence-electron chi connectivity index (χ2n) is 4.17. The summed E-state index contributed by atoms with van der Waals surface area (Å²) in [5.74, 6) is 0.731. The number of nitrogens with one attached hydrogen (secondary N) is 1. The Kier molecular flexibility index (Phi) is 8.00. The second-order valence-corrected chi connectivity index (χ2v) is 5.87. The van der Waals surface area contributed by atoms with Gasteiger partial charge in [-0.3, -0.25) is 0 Å². The van der Waals surface area contributed by atoms with Crippen LogP contribution in [0.3, 0.4) is 0 Å². The van der Waals surface area contributed by atoms with E-state index in [-0.39, 0.29) is 6.61 Å². The average Bonchev–Trinajstić information content (AvgIpc) is 2.37. The van der Waals surface area contributed by atoms with Crippen LogP contribution in [0.2, 0.25) is 0 Å². The third-order valence-corrected chi connectivity index (χ3v) is 3.54. The predicted octanol–water partition coefficient (Wildman–Crippen LogP) is 4.28. The van der Waals surface area contributed by atoms with Gasteiger partial charge < -0.3 is 14.8 Å². The summed E-state index contributed by atoms with van der Waals surface area (Å²) in [6.07, 6.45) is -4.27. The fourth-order valence-corrected chi connectivity index (χ4v) is 3.07. The Morgan fingerprint density at radius 3 is 2.33 bits per heavy atom. The first-order valence-corrected chi connectivity index (χ1v) is 7.88. The first-order valence-electron chi connectivity index (χ1n) is 6.29. The summed E-state index contributed by atoms with van der Waals surface area (Å²) in [4.78, 5) is 0. The Bertz CT molecular complexity index is 433. The first kappa shape index (κ1) is 18.7. The minimum absolute atomic E-state index is 0.0128. The number of rotatable bonds is 8. The number of ether oxygens (including phenoxy) is 2. The molecule has 1 aromatic carbocycles. The maximum Gasteiger partial charge on any atom is 0.411 e. The third-order valence-electron chi connectivity index (χ3n) is 2.36. The molecule has 0 aromatic heterocycles. The van der Waals surface area contributed by atoms with E-state index < -0.39 is 12.8 Å². The standard InChI is InChI=1S/C13H16Br2F3NO2/c1-2-21-12-10(14)5-9(6-11(12)15)7-19-3-4-20-8-13(16,17)18/h5-6,19H,2-4,7-8H2,1H3. The minimum Gasteiger partial charge on any atom is -0.492 e. The van der Waals surface area contributed by atoms with Crippen LogP contribution in [-0.4, -0.2) is 32.5 Å². The van der Waals surface area contributed by atoms with Crippen LogP contribution in [0.1, 0.15) is 12.5 Å². The molecule has 0 fully saturated rings. The van der Waals surface area contributed by atoms with Gasteiger partial charge in [0.1, 0.15) is 12.4 Å². The molecule has 0 aliphatic rings. The molecule has 1 N–H and O–H groups in total. The van der Waals surface area contributed by atoms with Crippen molar-refractivity contribution < 1.29 is 22.6 Å². The van der Waals surface area contributed by atoms with Crippen LogP contribution in [0.5, 0.6) is 5.75 Å². The topological polar surface area (TPSA) is 30.5 Å². The molecule has 0 amide bonds. The predicted molar refractivity (Wildman–Crippen MR) is 81.6 cm³/mol. The monoisotopic (exact) mass is 433 g/mol. The van der Waals surface area contributed by atoms with Gasteiger partial charge in [-0.2, -0.15) is 13.2 Å². The molecule has 0 aliphatic heterocycles. The van der Waals surface area contributed by atoms with Gasteiger partial charge in [0.25, 0.3) is 0 Å². The van der Waals surface area contributed by atoms with E-state index in [1.165, 1.54) is 0 Å². The molecule has 0 unspecified atom stereocenters. The molecule has 120 valence electrons. The molecule has 0 heterocycles. The van der Waals surface area contributed by atoms with Gasteiger partial charge in [-0.15, -0.1) is 0 Å². The van der Waals surface area contributed by atoms with Gasteiger partial charge in [-0.1, -0.05) is 0 Å². The van der Waals surface area contributed by atoms with E-state index in [1.807, 2.05) is 19.1 Å². The van der Waals surface area contributed by atoms with Crippen molar-refractivity contribution >= 4 is 31.9 Å². The van der Waals surface area contributed by atoms with Crippen LogP contribution in [0.15, 0.2) is 21.1 Å². The molecule has 3 nitrogen and oxygen atoms in total. The molecule has 0 saturated heterocycles. The molecule has 21 heavy (non-hydrogen) atoms. The van der Waals surface area contributed by atoms with E-state index >= 15 is 0 Å². The van der Waals surface area contributed by atoms with Crippen molar-refractivity contribution in [2.75, 3.05) is 26.4 Å². The number of hydrogen-bond donors (Lipinski definition) is 1. The highest BCUT2D eigenvalue weighted by molar-refractivity contribution is 9.11. The van der Waals surface area contributed by atoms with E-state index in [4.69, 9.17) is 4.74 Å². The van der Waals surface area contributed by atoms with Gasteiger partial charge in [0.15, 0.2) is 0 Å². The summed E-state index contributed by atoms with van der Waals surface area (Å²) in [6, 6.07) is 3.80. The lowest BCUT2D eigenvalue weighted by Gasteiger charge is -2.12. The number of halogens is 5. The SMILES string of the molecule is CCOc1c(Br)cc(CNCCOCC(F)(F)F)cc1Br. The zero-order chi connectivity index (χ0) is 15.9. The molecule has 0 atom stereocenters. The van der Waals surface area contributed by atoms with Crippen LogP contribution in [0.4, 0.5) is 13.2 Å². The van der Waals surface area contributed by atoms with Gasteiger partial charge in [-0.25, -0.2) is 0 Å². The van der Waals surface area contributed by atoms with Crippen LogP contribution < -0.4 is 10.1 Å². The van der Waals surface area contributed by atoms with Crippen LogP contribution in [0.25, 0.3) is 0 Å². The van der Waals surface area contributed by atoms with Crippen LogP contribution >= 0.6 is 31.9 Å². The Labute approximate surface area is 138 Å². The fraction of sp³-hybridized carbons (Fsp3) is 0.538. The lowest BCUT2D eigenvalue weighted by Crippen LogP contribution is -2.23. The van der Waals surface area contributed by atoms with Crippen molar-refractivity contribution in [2.45, 2.75) is 19.6 Å². The maximum absolute atomic E-state index is 11.9. The van der Waals surface area contributed by atoms with E-state index in [2.05, 4.69) is 41.9 Å². The summed E-state index contributed by atoms with van der Waals surface area (Å²) in [5.41, 5.74) is 0.980. The summed E-state index contributed by atoms with van der Waals surface area (Å²) in [6.45, 7) is 2.13. The third kappa shape index (κ3) is 7.49. The maximum atomic E-state index is 11.9. The van der Waals surface area contributed by atoms with Crippen molar-refractivity contribution in [1.29, 1.82) is 0 Å². The minimum atomic E-state index is -4.27. The van der Waals surface area contributed by atoms with Gasteiger partial charge >= 0.3 is 6.18 Å². The molecule has 0 spiro atoms. The van der Waals surface area contributed by atoms with Gasteiger partial charge in [0.2, 0.25) is 0 Å². The summed E-state index contributed by atoms with van der Waals surface area (Å²) >= 11 is 6.84. The Hall–Kier alpha value is -0.310. The molecule has 0 aliphatic carbocycles. The van der Waals surface area contributed by atoms with Crippen molar-refractivity contribution in [2.24, 2.45) is 0 Å². The number of alkyl halides is 3. The average molecular weight is 435 g/mol. The smallest absolute Gasteiger partial charge is 0.411 e. The lowest BCUT2D eigenvalue weighted by molar-refractivity contribution is -0.173. The van der Waals surface area contributed by atoms with Gasteiger partial charge in [-0.05, 0) is 56.5 Å². The van der Waals surface area contributed by atoms with E-state index in [0.29, 0.717) is 19.7 Å². The first-order chi connectivity index (χ1) is 9.83.